The van der Waals surface area contributed by atoms with Gasteiger partial charge in [-0.25, -0.2) is 0 Å². The number of aryl methyl sites for hydroxylation is 2. The predicted octanol–water partition coefficient (Wildman–Crippen LogP) is 0.911. The molecule has 74 valence electrons. The van der Waals surface area contributed by atoms with Gasteiger partial charge in [0.25, 0.3) is 0 Å². The SMILES string of the molecule is Cc1cccc(C)c1/C=N/N=C(N)N. The quantitative estimate of drug-likeness (QED) is 0.413. The molecule has 0 radical (unpaired) electrons. The van der Waals surface area contributed by atoms with Crippen LogP contribution in [0.2, 0.25) is 0 Å². The van der Waals surface area contributed by atoms with Crippen molar-refractivity contribution in [1.82, 2.24) is 0 Å². The molecule has 4 N–H and O–H groups in total. The van der Waals surface area contributed by atoms with Gasteiger partial charge in [-0.05, 0) is 25.0 Å². The minimum absolute atomic E-state index is 0.0347. The minimum Gasteiger partial charge on any atom is -0.369 e. The summed E-state index contributed by atoms with van der Waals surface area (Å²) in [6, 6.07) is 6.04. The molecule has 0 amide bonds. The van der Waals surface area contributed by atoms with Crippen molar-refractivity contribution >= 4 is 12.2 Å². The van der Waals surface area contributed by atoms with Gasteiger partial charge in [0.2, 0.25) is 5.96 Å². The molecule has 1 aromatic carbocycles. The largest absolute Gasteiger partial charge is 0.369 e. The highest BCUT2D eigenvalue weighted by molar-refractivity contribution is 5.84. The zero-order valence-electron chi connectivity index (χ0n) is 8.36. The fourth-order valence-corrected chi connectivity index (χ4v) is 1.18. The van der Waals surface area contributed by atoms with Gasteiger partial charge in [0.1, 0.15) is 0 Å². The lowest BCUT2D eigenvalue weighted by atomic mass is 10.0. The molecule has 0 aromatic heterocycles. The van der Waals surface area contributed by atoms with Gasteiger partial charge in [-0.2, -0.15) is 5.10 Å². The summed E-state index contributed by atoms with van der Waals surface area (Å²) in [5.74, 6) is -0.0347. The smallest absolute Gasteiger partial charge is 0.211 e. The Morgan fingerprint density at radius 3 is 2.29 bits per heavy atom. The van der Waals surface area contributed by atoms with E-state index >= 15 is 0 Å². The molecule has 0 atom stereocenters. The second kappa shape index (κ2) is 4.41. The first-order chi connectivity index (χ1) is 6.61. The van der Waals surface area contributed by atoms with E-state index in [4.69, 9.17) is 11.5 Å². The predicted molar refractivity (Wildman–Crippen MR) is 59.3 cm³/mol. The summed E-state index contributed by atoms with van der Waals surface area (Å²) in [5, 5.41) is 7.32. The normalized spacial score (nSPS) is 10.4. The van der Waals surface area contributed by atoms with Crippen molar-refractivity contribution in [2.75, 3.05) is 0 Å². The standard InChI is InChI=1S/C10H14N4/c1-7-4-3-5-8(2)9(7)6-13-14-10(11)12/h3-6H,1-2H3,(H4,11,12,14)/b13-6+. The number of hydrogen-bond acceptors (Lipinski definition) is 2. The monoisotopic (exact) mass is 190 g/mol. The molecule has 0 saturated carbocycles. The fraction of sp³-hybridized carbons (Fsp3) is 0.200. The molecular formula is C10H14N4. The maximum absolute atomic E-state index is 5.15. The zero-order chi connectivity index (χ0) is 10.6. The average Bonchev–Trinajstić information content (AvgIpc) is 2.09. The summed E-state index contributed by atoms with van der Waals surface area (Å²) < 4.78 is 0. The third kappa shape index (κ3) is 2.58. The van der Waals surface area contributed by atoms with Crippen LogP contribution in [-0.2, 0) is 0 Å². The van der Waals surface area contributed by atoms with E-state index in [0.717, 1.165) is 16.7 Å². The first-order valence-electron chi connectivity index (χ1n) is 4.29. The molecule has 4 heteroatoms. The molecule has 14 heavy (non-hydrogen) atoms. The Hall–Kier alpha value is -1.84. The molecule has 1 rings (SSSR count). The topological polar surface area (TPSA) is 76.8 Å². The lowest BCUT2D eigenvalue weighted by Gasteiger charge is -2.02. The van der Waals surface area contributed by atoms with Gasteiger partial charge in [0.15, 0.2) is 0 Å². The summed E-state index contributed by atoms with van der Waals surface area (Å²) in [5.41, 5.74) is 13.7. The van der Waals surface area contributed by atoms with E-state index < -0.39 is 0 Å². The highest BCUT2D eigenvalue weighted by atomic mass is 15.3. The van der Waals surface area contributed by atoms with Crippen LogP contribution in [-0.4, -0.2) is 12.2 Å². The summed E-state index contributed by atoms with van der Waals surface area (Å²) in [4.78, 5) is 0. The van der Waals surface area contributed by atoms with E-state index in [2.05, 4.69) is 10.2 Å². The van der Waals surface area contributed by atoms with E-state index in [1.165, 1.54) is 0 Å². The maximum atomic E-state index is 5.15. The van der Waals surface area contributed by atoms with Crippen LogP contribution < -0.4 is 11.5 Å². The van der Waals surface area contributed by atoms with Crippen LogP contribution in [0.1, 0.15) is 16.7 Å². The third-order valence-corrected chi connectivity index (χ3v) is 1.90. The number of hydrogen-bond donors (Lipinski definition) is 2. The molecule has 0 saturated heterocycles. The second-order valence-corrected chi connectivity index (χ2v) is 3.07. The van der Waals surface area contributed by atoms with Gasteiger partial charge in [0, 0.05) is 5.56 Å². The van der Waals surface area contributed by atoms with E-state index in [1.807, 2.05) is 32.0 Å². The maximum Gasteiger partial charge on any atom is 0.211 e. The van der Waals surface area contributed by atoms with Crippen molar-refractivity contribution in [3.8, 4) is 0 Å². The van der Waals surface area contributed by atoms with E-state index in [9.17, 15) is 0 Å². The molecular weight excluding hydrogens is 176 g/mol. The molecule has 0 spiro atoms. The van der Waals surface area contributed by atoms with Gasteiger partial charge < -0.3 is 11.5 Å². The Labute approximate surface area is 83.3 Å². The van der Waals surface area contributed by atoms with Crippen molar-refractivity contribution in [3.05, 3.63) is 34.9 Å². The Kier molecular flexibility index (Phi) is 3.23. The molecule has 0 aliphatic heterocycles. The Morgan fingerprint density at radius 2 is 1.79 bits per heavy atom. The highest BCUT2D eigenvalue weighted by Crippen LogP contribution is 2.10. The lowest BCUT2D eigenvalue weighted by molar-refractivity contribution is 1.21. The summed E-state index contributed by atoms with van der Waals surface area (Å²) >= 11 is 0. The summed E-state index contributed by atoms with van der Waals surface area (Å²) in [7, 11) is 0. The van der Waals surface area contributed by atoms with Gasteiger partial charge in [-0.1, -0.05) is 18.2 Å². The van der Waals surface area contributed by atoms with Gasteiger partial charge in [-0.3, -0.25) is 0 Å². The second-order valence-electron chi connectivity index (χ2n) is 3.07. The number of guanidine groups is 1. The highest BCUT2D eigenvalue weighted by Gasteiger charge is 1.97. The molecule has 0 aliphatic carbocycles. The van der Waals surface area contributed by atoms with Gasteiger partial charge in [-0.15, -0.1) is 5.10 Å². The Bertz CT molecular complexity index is 355. The van der Waals surface area contributed by atoms with Crippen LogP contribution in [0.5, 0.6) is 0 Å². The molecule has 4 nitrogen and oxygen atoms in total. The number of rotatable bonds is 2. The van der Waals surface area contributed by atoms with Crippen molar-refractivity contribution in [3.63, 3.8) is 0 Å². The van der Waals surface area contributed by atoms with Crippen LogP contribution in [0.15, 0.2) is 28.4 Å². The number of benzene rings is 1. The van der Waals surface area contributed by atoms with E-state index in [0.29, 0.717) is 0 Å². The van der Waals surface area contributed by atoms with Gasteiger partial charge in [0.05, 0.1) is 6.21 Å². The molecule has 0 unspecified atom stereocenters. The first-order valence-corrected chi connectivity index (χ1v) is 4.29. The van der Waals surface area contributed by atoms with Gasteiger partial charge >= 0.3 is 0 Å². The molecule has 0 aliphatic rings. The molecule has 0 bridgehead atoms. The zero-order valence-corrected chi connectivity index (χ0v) is 8.36. The third-order valence-electron chi connectivity index (χ3n) is 1.90. The van der Waals surface area contributed by atoms with Crippen LogP contribution in [0.25, 0.3) is 0 Å². The number of nitrogens with two attached hydrogens (primary N) is 2. The van der Waals surface area contributed by atoms with Crippen molar-refractivity contribution < 1.29 is 0 Å². The first kappa shape index (κ1) is 10.2. The van der Waals surface area contributed by atoms with Crippen LogP contribution in [0.3, 0.4) is 0 Å². The molecule has 0 fully saturated rings. The Morgan fingerprint density at radius 1 is 1.21 bits per heavy atom. The average molecular weight is 190 g/mol. The van der Waals surface area contributed by atoms with E-state index in [-0.39, 0.29) is 5.96 Å². The van der Waals surface area contributed by atoms with Crippen molar-refractivity contribution in [2.45, 2.75) is 13.8 Å². The number of nitrogens with zero attached hydrogens (tertiary/aromatic N) is 2. The molecule has 0 heterocycles. The van der Waals surface area contributed by atoms with E-state index in [1.54, 1.807) is 6.21 Å². The minimum atomic E-state index is -0.0347. The van der Waals surface area contributed by atoms with Crippen LogP contribution in [0, 0.1) is 13.8 Å². The van der Waals surface area contributed by atoms with Crippen LogP contribution in [0.4, 0.5) is 0 Å². The van der Waals surface area contributed by atoms with Crippen molar-refractivity contribution in [1.29, 1.82) is 0 Å². The van der Waals surface area contributed by atoms with Crippen molar-refractivity contribution in [2.24, 2.45) is 21.7 Å². The van der Waals surface area contributed by atoms with Crippen LogP contribution >= 0.6 is 0 Å². The fourth-order valence-electron chi connectivity index (χ4n) is 1.18. The molecule has 1 aromatic rings. The lowest BCUT2D eigenvalue weighted by Crippen LogP contribution is -2.21. The summed E-state index contributed by atoms with van der Waals surface area (Å²) in [6.07, 6.45) is 1.66. The Balaban J connectivity index is 2.97. The summed E-state index contributed by atoms with van der Waals surface area (Å²) in [6.45, 7) is 4.04.